The fourth-order valence-electron chi connectivity index (χ4n) is 2.41. The topological polar surface area (TPSA) is 55.8 Å². The summed E-state index contributed by atoms with van der Waals surface area (Å²) in [6.45, 7) is 2.23. The lowest BCUT2D eigenvalue weighted by Crippen LogP contribution is -2.16. The number of rotatable bonds is 7. The maximum absolute atomic E-state index is 11.5. The predicted octanol–water partition coefficient (Wildman–Crippen LogP) is 3.64. The summed E-state index contributed by atoms with van der Waals surface area (Å²) in [4.78, 5) is 11.5. The van der Waals surface area contributed by atoms with E-state index in [2.05, 4.69) is 0 Å². The van der Waals surface area contributed by atoms with Gasteiger partial charge in [0, 0.05) is 0 Å². The minimum Gasteiger partial charge on any atom is -0.493 e. The Morgan fingerprint density at radius 3 is 2.36 bits per heavy atom. The van der Waals surface area contributed by atoms with Gasteiger partial charge in [0.05, 0.1) is 19.6 Å². The van der Waals surface area contributed by atoms with Crippen LogP contribution in [0.1, 0.15) is 23.5 Å². The molecule has 0 bridgehead atoms. The van der Waals surface area contributed by atoms with Crippen molar-refractivity contribution in [3.63, 3.8) is 0 Å². The van der Waals surface area contributed by atoms with Crippen molar-refractivity contribution in [3.05, 3.63) is 59.7 Å². The molecule has 116 valence electrons. The lowest BCUT2D eigenvalue weighted by Gasteiger charge is -2.16. The van der Waals surface area contributed by atoms with Crippen LogP contribution in [0.2, 0.25) is 0 Å². The Labute approximate surface area is 130 Å². The van der Waals surface area contributed by atoms with Gasteiger partial charge in [-0.2, -0.15) is 0 Å². The quantitative estimate of drug-likeness (QED) is 0.848. The van der Waals surface area contributed by atoms with E-state index in [1.807, 2.05) is 55.5 Å². The molecule has 0 spiro atoms. The number of hydrogen-bond acceptors (Lipinski definition) is 3. The molecule has 4 heteroatoms. The summed E-state index contributed by atoms with van der Waals surface area (Å²) in [7, 11) is 1.58. The third-order valence-corrected chi connectivity index (χ3v) is 3.60. The molecule has 0 aliphatic heterocycles. The molecule has 4 nitrogen and oxygen atoms in total. The van der Waals surface area contributed by atoms with Gasteiger partial charge >= 0.3 is 5.97 Å². The number of benzene rings is 2. The molecule has 0 radical (unpaired) electrons. The molecule has 2 rings (SSSR count). The number of carbonyl (C=O) groups is 1. The average Bonchev–Trinajstić information content (AvgIpc) is 2.52. The third-order valence-electron chi connectivity index (χ3n) is 3.60. The van der Waals surface area contributed by atoms with Crippen molar-refractivity contribution in [1.82, 2.24) is 0 Å². The van der Waals surface area contributed by atoms with Gasteiger partial charge < -0.3 is 14.6 Å². The van der Waals surface area contributed by atoms with Gasteiger partial charge in [0.25, 0.3) is 0 Å². The lowest BCUT2D eigenvalue weighted by atomic mass is 9.92. The van der Waals surface area contributed by atoms with Gasteiger partial charge in [-0.05, 0) is 36.6 Å². The monoisotopic (exact) mass is 300 g/mol. The zero-order valence-electron chi connectivity index (χ0n) is 12.8. The van der Waals surface area contributed by atoms with E-state index < -0.39 is 11.9 Å². The molecule has 0 aliphatic carbocycles. The molecule has 22 heavy (non-hydrogen) atoms. The SMILES string of the molecule is COc1ccccc1OCCC(C(=O)O)c1ccccc1C. The summed E-state index contributed by atoms with van der Waals surface area (Å²) in [6.07, 6.45) is 0.401. The molecule has 0 amide bonds. The van der Waals surface area contributed by atoms with Gasteiger partial charge in [0.2, 0.25) is 0 Å². The van der Waals surface area contributed by atoms with Gasteiger partial charge in [-0.3, -0.25) is 4.79 Å². The number of aryl methyl sites for hydroxylation is 1. The lowest BCUT2D eigenvalue weighted by molar-refractivity contribution is -0.139. The molecule has 0 heterocycles. The van der Waals surface area contributed by atoms with E-state index in [9.17, 15) is 9.90 Å². The maximum atomic E-state index is 11.5. The first-order valence-electron chi connectivity index (χ1n) is 7.17. The minimum atomic E-state index is -0.835. The first-order valence-corrected chi connectivity index (χ1v) is 7.17. The van der Waals surface area contributed by atoms with E-state index in [0.717, 1.165) is 11.1 Å². The molecule has 2 aromatic rings. The minimum absolute atomic E-state index is 0.311. The Morgan fingerprint density at radius 2 is 1.73 bits per heavy atom. The van der Waals surface area contributed by atoms with Crippen molar-refractivity contribution in [1.29, 1.82) is 0 Å². The Balaban J connectivity index is 2.04. The van der Waals surface area contributed by atoms with E-state index in [1.54, 1.807) is 7.11 Å². The number of aliphatic carboxylic acids is 1. The number of methoxy groups -OCH3 is 1. The van der Waals surface area contributed by atoms with Gasteiger partial charge in [-0.1, -0.05) is 36.4 Å². The molecule has 0 saturated heterocycles. The second-order valence-electron chi connectivity index (χ2n) is 5.04. The van der Waals surface area contributed by atoms with Crippen LogP contribution in [0.25, 0.3) is 0 Å². The zero-order chi connectivity index (χ0) is 15.9. The van der Waals surface area contributed by atoms with Gasteiger partial charge in [-0.15, -0.1) is 0 Å². The van der Waals surface area contributed by atoms with Crippen molar-refractivity contribution in [2.24, 2.45) is 0 Å². The Kier molecular flexibility index (Phi) is 5.42. The summed E-state index contributed by atoms with van der Waals surface area (Å²) in [6, 6.07) is 14.9. The van der Waals surface area contributed by atoms with E-state index in [-0.39, 0.29) is 0 Å². The predicted molar refractivity (Wildman–Crippen MR) is 84.7 cm³/mol. The molecule has 1 unspecified atom stereocenters. The largest absolute Gasteiger partial charge is 0.493 e. The highest BCUT2D eigenvalue weighted by molar-refractivity contribution is 5.76. The van der Waals surface area contributed by atoms with Crippen molar-refractivity contribution >= 4 is 5.97 Å². The number of carboxylic acids is 1. The molecule has 2 aromatic carbocycles. The highest BCUT2D eigenvalue weighted by Crippen LogP contribution is 2.28. The summed E-state index contributed by atoms with van der Waals surface area (Å²) >= 11 is 0. The van der Waals surface area contributed by atoms with Crippen LogP contribution >= 0.6 is 0 Å². The van der Waals surface area contributed by atoms with Crippen LogP contribution in [0.4, 0.5) is 0 Å². The van der Waals surface area contributed by atoms with Crippen LogP contribution in [0.15, 0.2) is 48.5 Å². The first kappa shape index (κ1) is 15.9. The summed E-state index contributed by atoms with van der Waals surface area (Å²) in [5, 5.41) is 9.47. The maximum Gasteiger partial charge on any atom is 0.311 e. The fourth-order valence-corrected chi connectivity index (χ4v) is 2.41. The third kappa shape index (κ3) is 3.79. The zero-order valence-corrected chi connectivity index (χ0v) is 12.8. The van der Waals surface area contributed by atoms with Crippen LogP contribution in [0, 0.1) is 6.92 Å². The van der Waals surface area contributed by atoms with E-state index >= 15 is 0 Å². The van der Waals surface area contributed by atoms with Gasteiger partial charge in [0.1, 0.15) is 0 Å². The van der Waals surface area contributed by atoms with E-state index in [4.69, 9.17) is 9.47 Å². The summed E-state index contributed by atoms with van der Waals surface area (Å²) in [5.41, 5.74) is 1.81. The van der Waals surface area contributed by atoms with Crippen LogP contribution in [-0.2, 0) is 4.79 Å². The van der Waals surface area contributed by atoms with Crippen LogP contribution in [-0.4, -0.2) is 24.8 Å². The average molecular weight is 300 g/mol. The van der Waals surface area contributed by atoms with Crippen LogP contribution in [0.5, 0.6) is 11.5 Å². The highest BCUT2D eigenvalue weighted by atomic mass is 16.5. The Morgan fingerprint density at radius 1 is 1.09 bits per heavy atom. The van der Waals surface area contributed by atoms with Crippen molar-refractivity contribution in [2.75, 3.05) is 13.7 Å². The van der Waals surface area contributed by atoms with Gasteiger partial charge in [-0.25, -0.2) is 0 Å². The summed E-state index contributed by atoms with van der Waals surface area (Å²) < 4.78 is 10.9. The van der Waals surface area contributed by atoms with Crippen molar-refractivity contribution in [3.8, 4) is 11.5 Å². The van der Waals surface area contributed by atoms with Crippen LogP contribution in [0.3, 0.4) is 0 Å². The standard InChI is InChI=1S/C18H20O4/c1-13-7-3-4-8-14(13)15(18(19)20)11-12-22-17-10-6-5-9-16(17)21-2/h3-10,15H,11-12H2,1-2H3,(H,19,20). The Hall–Kier alpha value is -2.49. The molecule has 1 N–H and O–H groups in total. The normalized spacial score (nSPS) is 11.7. The molecular weight excluding hydrogens is 280 g/mol. The molecule has 0 aliphatic rings. The van der Waals surface area contributed by atoms with Crippen molar-refractivity contribution in [2.45, 2.75) is 19.3 Å². The van der Waals surface area contributed by atoms with Crippen molar-refractivity contribution < 1.29 is 19.4 Å². The number of hydrogen-bond donors (Lipinski definition) is 1. The first-order chi connectivity index (χ1) is 10.6. The number of carboxylic acid groups (broad SMARTS) is 1. The number of ether oxygens (including phenoxy) is 2. The second kappa shape index (κ2) is 7.50. The second-order valence-corrected chi connectivity index (χ2v) is 5.04. The number of para-hydroxylation sites is 2. The molecule has 0 aromatic heterocycles. The van der Waals surface area contributed by atoms with E-state index in [0.29, 0.717) is 24.5 Å². The fraction of sp³-hybridized carbons (Fsp3) is 0.278. The molecule has 0 saturated carbocycles. The van der Waals surface area contributed by atoms with Gasteiger partial charge in [0.15, 0.2) is 11.5 Å². The van der Waals surface area contributed by atoms with E-state index in [1.165, 1.54) is 0 Å². The smallest absolute Gasteiger partial charge is 0.311 e. The Bertz CT molecular complexity index is 636. The summed E-state index contributed by atoms with van der Waals surface area (Å²) in [5.74, 6) is -0.141. The van der Waals surface area contributed by atoms with Crippen LogP contribution < -0.4 is 9.47 Å². The molecular formula is C18H20O4. The molecule has 1 atom stereocenters. The molecule has 0 fully saturated rings. The highest BCUT2D eigenvalue weighted by Gasteiger charge is 2.21.